The van der Waals surface area contributed by atoms with Gasteiger partial charge in [0.05, 0.1) is 12.5 Å². The van der Waals surface area contributed by atoms with E-state index in [2.05, 4.69) is 16.1 Å². The van der Waals surface area contributed by atoms with Crippen molar-refractivity contribution < 1.29 is 37.1 Å². The third-order valence-corrected chi connectivity index (χ3v) is 9.13. The molecule has 2 saturated heterocycles. The Morgan fingerprint density at radius 1 is 1.23 bits per heavy atom. The van der Waals surface area contributed by atoms with Gasteiger partial charge in [0.2, 0.25) is 17.7 Å². The molecule has 2 aliphatic carbocycles. The Bertz CT molecular complexity index is 1060. The molecule has 8 atom stereocenters. The van der Waals surface area contributed by atoms with Crippen LogP contribution in [0, 0.1) is 35.0 Å². The first kappa shape index (κ1) is 29.4. The summed E-state index contributed by atoms with van der Waals surface area (Å²) >= 11 is 5.37. The Balaban J connectivity index is 1.54. The van der Waals surface area contributed by atoms with E-state index in [1.165, 1.54) is 4.90 Å². The number of rotatable bonds is 9. The zero-order valence-electron chi connectivity index (χ0n) is 22.3. The monoisotopic (exact) mass is 577 g/mol. The molecule has 10 nitrogen and oxygen atoms in total. The Labute approximate surface area is 229 Å². The first-order chi connectivity index (χ1) is 18.1. The number of halogens is 4. The highest BCUT2D eigenvalue weighted by Crippen LogP contribution is 2.65. The number of nitrogens with zero attached hydrogens (tertiary/aromatic N) is 2. The van der Waals surface area contributed by atoms with E-state index in [1.807, 2.05) is 13.8 Å². The highest BCUT2D eigenvalue weighted by atomic mass is 35.5. The van der Waals surface area contributed by atoms with E-state index in [-0.39, 0.29) is 36.2 Å². The Morgan fingerprint density at radius 3 is 2.38 bits per heavy atom. The number of amides is 5. The summed E-state index contributed by atoms with van der Waals surface area (Å²) in [6.45, 7) is 7.64. The van der Waals surface area contributed by atoms with Crippen molar-refractivity contribution in [2.45, 2.75) is 70.6 Å². The summed E-state index contributed by atoms with van der Waals surface area (Å²) in [7, 11) is 0. The van der Waals surface area contributed by atoms with Gasteiger partial charge in [0.1, 0.15) is 18.0 Å². The zero-order valence-corrected chi connectivity index (χ0v) is 23.1. The summed E-state index contributed by atoms with van der Waals surface area (Å²) in [4.78, 5) is 65.7. The third kappa shape index (κ3) is 5.55. The average molecular weight is 578 g/mol. The molecule has 5 amide bonds. The zero-order chi connectivity index (χ0) is 29.0. The second-order valence-corrected chi connectivity index (χ2v) is 12.2. The van der Waals surface area contributed by atoms with Crippen molar-refractivity contribution in [3.8, 4) is 0 Å². The van der Waals surface area contributed by atoms with Crippen LogP contribution in [0.1, 0.15) is 47.0 Å². The van der Waals surface area contributed by atoms with Gasteiger partial charge in [-0.15, -0.1) is 0 Å². The minimum atomic E-state index is -3.10. The van der Waals surface area contributed by atoms with Crippen LogP contribution in [0.2, 0.25) is 0 Å². The summed E-state index contributed by atoms with van der Waals surface area (Å²) in [5.41, 5.74) is -0.383. The minimum Gasteiger partial charge on any atom is -0.356 e. The van der Waals surface area contributed by atoms with Crippen molar-refractivity contribution in [1.82, 2.24) is 26.0 Å². The van der Waals surface area contributed by atoms with Crippen molar-refractivity contribution in [2.24, 2.45) is 35.0 Å². The van der Waals surface area contributed by atoms with Crippen molar-refractivity contribution in [3.63, 3.8) is 0 Å². The molecular weight excluding hydrogens is 543 g/mol. The van der Waals surface area contributed by atoms with Gasteiger partial charge >= 0.3 is 0 Å². The molecule has 0 spiro atoms. The number of carbonyl (C=O) groups is 5. The standard InChI is InChI=1S/C25H35ClF3N5O5/c1-5-11(2)16(31-20(36)13-8-25(13,28)29)22(38)33-10-14-15(24(14,3)4)17(33)21(37)32-34(23(39)18(26)27)9-12-6-7-30-19(12)35/h11-18H,5-10H2,1-4H3,(H,30,35)(H,31,36)(H,32,37)/t11-,12-,13+,14-,15-,16-,17-,18+/m0/s1. The van der Waals surface area contributed by atoms with Crippen LogP contribution in [-0.4, -0.2) is 82.7 Å². The van der Waals surface area contributed by atoms with Crippen LogP contribution in [0.4, 0.5) is 13.2 Å². The van der Waals surface area contributed by atoms with Gasteiger partial charge in [0.25, 0.3) is 23.4 Å². The van der Waals surface area contributed by atoms with Crippen LogP contribution < -0.4 is 16.1 Å². The summed E-state index contributed by atoms with van der Waals surface area (Å²) < 4.78 is 40.8. The van der Waals surface area contributed by atoms with Gasteiger partial charge in [0, 0.05) is 19.5 Å². The number of piperidine rings is 1. The quantitative estimate of drug-likeness (QED) is 0.280. The molecule has 0 aromatic heterocycles. The van der Waals surface area contributed by atoms with Gasteiger partial charge in [-0.05, 0) is 29.6 Å². The lowest BCUT2D eigenvalue weighted by atomic mass is 9.95. The number of nitrogens with one attached hydrogen (secondary N) is 3. The first-order valence-corrected chi connectivity index (χ1v) is 13.7. The van der Waals surface area contributed by atoms with Crippen LogP contribution >= 0.6 is 11.6 Å². The number of fused-ring (bicyclic) bond motifs is 1. The van der Waals surface area contributed by atoms with E-state index in [4.69, 9.17) is 11.6 Å². The van der Waals surface area contributed by atoms with E-state index < -0.39 is 71.4 Å². The maximum Gasteiger partial charge on any atom is 0.291 e. The molecule has 4 rings (SSSR count). The molecule has 3 N–H and O–H groups in total. The van der Waals surface area contributed by atoms with Gasteiger partial charge < -0.3 is 15.5 Å². The second-order valence-electron chi connectivity index (χ2n) is 11.8. The van der Waals surface area contributed by atoms with Gasteiger partial charge in [-0.1, -0.05) is 45.7 Å². The van der Waals surface area contributed by atoms with Gasteiger partial charge in [-0.2, -0.15) is 0 Å². The fourth-order valence-electron chi connectivity index (χ4n) is 5.97. The van der Waals surface area contributed by atoms with E-state index in [0.717, 1.165) is 0 Å². The van der Waals surface area contributed by atoms with Crippen LogP contribution in [0.15, 0.2) is 0 Å². The minimum absolute atomic E-state index is 0.0510. The normalized spacial score (nSPS) is 31.8. The average Bonchev–Trinajstić information content (AvgIpc) is 3.42. The lowest BCUT2D eigenvalue weighted by Crippen LogP contribution is -2.60. The topological polar surface area (TPSA) is 128 Å². The van der Waals surface area contributed by atoms with Gasteiger partial charge in [0.15, 0.2) is 0 Å². The van der Waals surface area contributed by atoms with Crippen LogP contribution in [0.25, 0.3) is 0 Å². The molecule has 2 saturated carbocycles. The molecule has 0 aromatic carbocycles. The summed E-state index contributed by atoms with van der Waals surface area (Å²) in [5, 5.41) is 5.77. The second kappa shape index (κ2) is 10.4. The summed E-state index contributed by atoms with van der Waals surface area (Å²) in [5.74, 6) is -9.86. The molecule has 4 fully saturated rings. The predicted molar refractivity (Wildman–Crippen MR) is 132 cm³/mol. The van der Waals surface area contributed by atoms with E-state index >= 15 is 0 Å². The molecular formula is C25H35ClF3N5O5. The lowest BCUT2D eigenvalue weighted by molar-refractivity contribution is -0.150. The van der Waals surface area contributed by atoms with Crippen molar-refractivity contribution in [1.29, 1.82) is 0 Å². The largest absolute Gasteiger partial charge is 0.356 e. The summed E-state index contributed by atoms with van der Waals surface area (Å²) in [6.07, 6.45) is 0.256. The Kier molecular flexibility index (Phi) is 7.87. The SMILES string of the molecule is CC[C@H](C)[C@H](NC(=O)[C@H]1CC1(F)F)C(=O)N1C[C@H]2[C@@H]([C@H]1C(=O)NN(C[C@@H]1CCNC1=O)C(=O)[C@@H](F)Cl)C2(C)C. The molecule has 4 aliphatic rings. The van der Waals surface area contributed by atoms with Crippen molar-refractivity contribution in [2.75, 3.05) is 19.6 Å². The van der Waals surface area contributed by atoms with Gasteiger partial charge in [-0.3, -0.25) is 29.4 Å². The smallest absolute Gasteiger partial charge is 0.291 e. The van der Waals surface area contributed by atoms with Crippen LogP contribution in [-0.2, 0) is 24.0 Å². The number of hydrogen-bond donors (Lipinski definition) is 3. The van der Waals surface area contributed by atoms with Crippen molar-refractivity contribution in [3.05, 3.63) is 0 Å². The Morgan fingerprint density at radius 2 is 1.87 bits per heavy atom. The Hall–Kier alpha value is -2.57. The maximum absolute atomic E-state index is 13.8. The summed E-state index contributed by atoms with van der Waals surface area (Å²) in [6, 6.07) is -2.20. The van der Waals surface area contributed by atoms with E-state index in [1.54, 1.807) is 13.8 Å². The lowest BCUT2D eigenvalue weighted by Gasteiger charge is -2.36. The number of alkyl halides is 4. The molecule has 0 aromatic rings. The molecule has 0 bridgehead atoms. The maximum atomic E-state index is 13.8. The van der Waals surface area contributed by atoms with E-state index in [0.29, 0.717) is 24.4 Å². The first-order valence-electron chi connectivity index (χ1n) is 13.3. The predicted octanol–water partition coefficient (Wildman–Crippen LogP) is 1.19. The number of hydrogen-bond acceptors (Lipinski definition) is 5. The molecule has 14 heteroatoms. The molecule has 218 valence electrons. The fraction of sp³-hybridized carbons (Fsp3) is 0.800. The highest BCUT2D eigenvalue weighted by molar-refractivity contribution is 6.29. The highest BCUT2D eigenvalue weighted by Gasteiger charge is 2.70. The molecule has 2 heterocycles. The van der Waals surface area contributed by atoms with Gasteiger partial charge in [-0.25, -0.2) is 18.2 Å². The molecule has 39 heavy (non-hydrogen) atoms. The van der Waals surface area contributed by atoms with Crippen LogP contribution in [0.5, 0.6) is 0 Å². The van der Waals surface area contributed by atoms with Crippen molar-refractivity contribution >= 4 is 41.1 Å². The number of likely N-dealkylation sites (tertiary alicyclic amines) is 1. The van der Waals surface area contributed by atoms with Crippen LogP contribution in [0.3, 0.4) is 0 Å². The molecule has 0 radical (unpaired) electrons. The fourth-order valence-corrected chi connectivity index (χ4v) is 6.09. The number of hydrazine groups is 1. The molecule has 0 unspecified atom stereocenters. The molecule has 2 aliphatic heterocycles. The third-order valence-electron chi connectivity index (χ3n) is 8.94. The van der Waals surface area contributed by atoms with E-state index in [9.17, 15) is 37.1 Å². The number of carbonyl (C=O) groups excluding carboxylic acids is 5.